The molecule has 1 aliphatic heterocycles. The third kappa shape index (κ3) is 7.14. The molecule has 1 aromatic carbocycles. The summed E-state index contributed by atoms with van der Waals surface area (Å²) in [6.45, 7) is 9.90. The van der Waals surface area contributed by atoms with Gasteiger partial charge in [-0.15, -0.1) is 0 Å². The largest absolute Gasteiger partial charge is 0.378 e. The highest BCUT2D eigenvalue weighted by molar-refractivity contribution is 5.76. The lowest BCUT2D eigenvalue weighted by Crippen LogP contribution is -2.45. The summed E-state index contributed by atoms with van der Waals surface area (Å²) >= 11 is 0. The van der Waals surface area contributed by atoms with Gasteiger partial charge >= 0.3 is 0 Å². The second kappa shape index (κ2) is 10.5. The van der Waals surface area contributed by atoms with Gasteiger partial charge < -0.3 is 19.9 Å². The van der Waals surface area contributed by atoms with E-state index in [0.29, 0.717) is 31.6 Å². The van der Waals surface area contributed by atoms with Gasteiger partial charge in [0.1, 0.15) is 0 Å². The summed E-state index contributed by atoms with van der Waals surface area (Å²) in [5, 5.41) is 3.59. The third-order valence-electron chi connectivity index (χ3n) is 4.72. The van der Waals surface area contributed by atoms with E-state index < -0.39 is 0 Å². The fourth-order valence-corrected chi connectivity index (χ4v) is 3.14. The number of benzene rings is 1. The number of hydrogen-bond acceptors (Lipinski definition) is 4. The summed E-state index contributed by atoms with van der Waals surface area (Å²) in [5.74, 6) is 0.757. The third-order valence-corrected chi connectivity index (χ3v) is 4.72. The minimum Gasteiger partial charge on any atom is -0.378 e. The lowest BCUT2D eigenvalue weighted by Gasteiger charge is -2.29. The number of amides is 1. The maximum atomic E-state index is 12.2. The Morgan fingerprint density at radius 2 is 1.92 bits per heavy atom. The Morgan fingerprint density at radius 1 is 1.24 bits per heavy atom. The minimum atomic E-state index is 0.232. The Bertz CT molecular complexity index is 501. The predicted octanol–water partition coefficient (Wildman–Crippen LogP) is 1.98. The monoisotopic (exact) mass is 347 g/mol. The van der Waals surface area contributed by atoms with Gasteiger partial charge in [0.15, 0.2) is 0 Å². The van der Waals surface area contributed by atoms with Crippen LogP contribution < -0.4 is 5.32 Å². The van der Waals surface area contributed by atoms with Gasteiger partial charge in [-0.1, -0.05) is 44.2 Å². The first-order chi connectivity index (χ1) is 12.1. The van der Waals surface area contributed by atoms with Crippen LogP contribution in [0, 0.1) is 5.92 Å². The van der Waals surface area contributed by atoms with Crippen molar-refractivity contribution < 1.29 is 9.53 Å². The number of rotatable bonds is 9. The van der Waals surface area contributed by atoms with Crippen molar-refractivity contribution in [2.24, 2.45) is 5.92 Å². The highest BCUT2D eigenvalue weighted by Crippen LogP contribution is 2.08. The number of ether oxygens (including phenoxy) is 1. The van der Waals surface area contributed by atoms with Crippen LogP contribution in [-0.4, -0.2) is 68.2 Å². The van der Waals surface area contributed by atoms with Crippen molar-refractivity contribution >= 4 is 5.91 Å². The topological polar surface area (TPSA) is 44.8 Å². The minimum absolute atomic E-state index is 0.232. The van der Waals surface area contributed by atoms with Gasteiger partial charge in [0, 0.05) is 45.2 Å². The van der Waals surface area contributed by atoms with E-state index in [2.05, 4.69) is 55.4 Å². The zero-order valence-electron chi connectivity index (χ0n) is 15.9. The highest BCUT2D eigenvalue weighted by atomic mass is 16.5. The van der Waals surface area contributed by atoms with Crippen LogP contribution in [0.25, 0.3) is 0 Å². The van der Waals surface area contributed by atoms with E-state index in [1.165, 1.54) is 5.56 Å². The molecule has 1 unspecified atom stereocenters. The van der Waals surface area contributed by atoms with Crippen LogP contribution in [0.2, 0.25) is 0 Å². The number of nitrogens with one attached hydrogen (secondary N) is 1. The average Bonchev–Trinajstić information content (AvgIpc) is 2.62. The number of nitrogens with zero attached hydrogens (tertiary/aromatic N) is 2. The van der Waals surface area contributed by atoms with Crippen molar-refractivity contribution in [2.75, 3.05) is 46.4 Å². The average molecular weight is 348 g/mol. The first kappa shape index (κ1) is 19.9. The number of morpholine rings is 1. The van der Waals surface area contributed by atoms with Crippen molar-refractivity contribution in [1.29, 1.82) is 0 Å². The first-order valence-electron chi connectivity index (χ1n) is 9.37. The smallest absolute Gasteiger partial charge is 0.224 e. The molecule has 0 saturated carbocycles. The Balaban J connectivity index is 1.73. The van der Waals surface area contributed by atoms with Gasteiger partial charge in [-0.2, -0.15) is 0 Å². The van der Waals surface area contributed by atoms with Crippen LogP contribution in [0.5, 0.6) is 0 Å². The van der Waals surface area contributed by atoms with Crippen LogP contribution in [0.4, 0.5) is 0 Å². The SMILES string of the molecule is CC(C)C(CN(C)Cc1ccccc1)NCCC(=O)N1CCOCC1. The van der Waals surface area contributed by atoms with Crippen molar-refractivity contribution in [3.63, 3.8) is 0 Å². The normalized spacial score (nSPS) is 16.4. The zero-order valence-corrected chi connectivity index (χ0v) is 15.9. The second-order valence-electron chi connectivity index (χ2n) is 7.23. The van der Waals surface area contributed by atoms with Crippen molar-refractivity contribution in [1.82, 2.24) is 15.1 Å². The maximum Gasteiger partial charge on any atom is 0.224 e. The molecule has 2 rings (SSSR count). The Morgan fingerprint density at radius 3 is 2.56 bits per heavy atom. The quantitative estimate of drug-likeness (QED) is 0.742. The van der Waals surface area contributed by atoms with Crippen LogP contribution in [0.1, 0.15) is 25.8 Å². The van der Waals surface area contributed by atoms with Crippen molar-refractivity contribution in [3.05, 3.63) is 35.9 Å². The Labute approximate surface area is 152 Å². The van der Waals surface area contributed by atoms with E-state index in [9.17, 15) is 4.79 Å². The van der Waals surface area contributed by atoms with Gasteiger partial charge in [0.25, 0.3) is 0 Å². The Kier molecular flexibility index (Phi) is 8.38. The molecule has 0 aromatic heterocycles. The van der Waals surface area contributed by atoms with E-state index in [4.69, 9.17) is 4.74 Å². The molecule has 1 N–H and O–H groups in total. The van der Waals surface area contributed by atoms with Gasteiger partial charge in [0.05, 0.1) is 13.2 Å². The zero-order chi connectivity index (χ0) is 18.1. The molecule has 1 aromatic rings. The molecule has 25 heavy (non-hydrogen) atoms. The fourth-order valence-electron chi connectivity index (χ4n) is 3.14. The van der Waals surface area contributed by atoms with E-state index in [1.54, 1.807) is 0 Å². The molecule has 5 heteroatoms. The second-order valence-corrected chi connectivity index (χ2v) is 7.23. The van der Waals surface area contributed by atoms with Crippen LogP contribution in [-0.2, 0) is 16.1 Å². The number of hydrogen-bond donors (Lipinski definition) is 1. The molecule has 1 aliphatic rings. The van der Waals surface area contributed by atoms with Crippen LogP contribution in [0.3, 0.4) is 0 Å². The summed E-state index contributed by atoms with van der Waals surface area (Å²) in [4.78, 5) is 16.5. The highest BCUT2D eigenvalue weighted by Gasteiger charge is 2.19. The number of carbonyl (C=O) groups is 1. The molecule has 1 fully saturated rings. The van der Waals surface area contributed by atoms with Crippen LogP contribution >= 0.6 is 0 Å². The number of carbonyl (C=O) groups excluding carboxylic acids is 1. The van der Waals surface area contributed by atoms with Crippen molar-refractivity contribution in [2.45, 2.75) is 32.9 Å². The fraction of sp³-hybridized carbons (Fsp3) is 0.650. The van der Waals surface area contributed by atoms with Crippen molar-refractivity contribution in [3.8, 4) is 0 Å². The Hall–Kier alpha value is -1.43. The van der Waals surface area contributed by atoms with E-state index in [-0.39, 0.29) is 5.91 Å². The molecule has 0 spiro atoms. The van der Waals surface area contributed by atoms with Gasteiger partial charge in [-0.05, 0) is 18.5 Å². The van der Waals surface area contributed by atoms with E-state index in [0.717, 1.165) is 32.7 Å². The summed E-state index contributed by atoms with van der Waals surface area (Å²) in [6.07, 6.45) is 0.561. The molecule has 0 radical (unpaired) electrons. The van der Waals surface area contributed by atoms with E-state index in [1.807, 2.05) is 11.0 Å². The van der Waals surface area contributed by atoms with Gasteiger partial charge in [-0.3, -0.25) is 4.79 Å². The summed E-state index contributed by atoms with van der Waals surface area (Å²) in [5.41, 5.74) is 1.33. The first-order valence-corrected chi connectivity index (χ1v) is 9.37. The summed E-state index contributed by atoms with van der Waals surface area (Å²) in [7, 11) is 2.16. The molecule has 1 atom stereocenters. The standard InChI is InChI=1S/C20H33N3O2/c1-17(2)19(16-22(3)15-18-7-5-4-6-8-18)21-10-9-20(24)23-11-13-25-14-12-23/h4-8,17,19,21H,9-16H2,1-3H3. The van der Waals surface area contributed by atoms with Gasteiger partial charge in [0.2, 0.25) is 5.91 Å². The molecule has 1 amide bonds. The molecule has 0 bridgehead atoms. The summed E-state index contributed by atoms with van der Waals surface area (Å²) in [6, 6.07) is 10.9. The molecular formula is C20H33N3O2. The van der Waals surface area contributed by atoms with Gasteiger partial charge in [-0.25, -0.2) is 0 Å². The molecular weight excluding hydrogens is 314 g/mol. The molecule has 1 heterocycles. The molecule has 0 aliphatic carbocycles. The summed E-state index contributed by atoms with van der Waals surface area (Å²) < 4.78 is 5.30. The lowest BCUT2D eigenvalue weighted by atomic mass is 10.0. The number of likely N-dealkylation sites (N-methyl/N-ethyl adjacent to an activating group) is 1. The molecule has 1 saturated heterocycles. The predicted molar refractivity (Wildman–Crippen MR) is 101 cm³/mol. The maximum absolute atomic E-state index is 12.2. The van der Waals surface area contributed by atoms with Crippen LogP contribution in [0.15, 0.2) is 30.3 Å². The molecule has 5 nitrogen and oxygen atoms in total. The van der Waals surface area contributed by atoms with E-state index >= 15 is 0 Å². The molecule has 140 valence electrons. The lowest BCUT2D eigenvalue weighted by molar-refractivity contribution is -0.135.